The Balaban J connectivity index is 1.78. The summed E-state index contributed by atoms with van der Waals surface area (Å²) in [7, 11) is 1.68. The maximum atomic E-state index is 12.6. The number of rotatable bonds is 16. The second kappa shape index (κ2) is 16.0. The zero-order chi connectivity index (χ0) is 29.9. The number of allylic oxidation sites excluding steroid dienone is 2. The molecule has 0 aromatic heterocycles. The Kier molecular flexibility index (Phi) is 13.7. The normalized spacial score (nSPS) is 25.4. The largest absolute Gasteiger partial charge is 0.464 e. The molecule has 6 atom stereocenters. The molecule has 1 heterocycles. The fourth-order valence-electron chi connectivity index (χ4n) is 5.59. The van der Waals surface area contributed by atoms with E-state index in [1.165, 1.54) is 5.57 Å². The maximum Gasteiger partial charge on any atom is 0.407 e. The molecule has 0 aromatic carbocycles. The average Bonchev–Trinajstić information content (AvgIpc) is 3.66. The van der Waals surface area contributed by atoms with Gasteiger partial charge in [-0.05, 0) is 76.7 Å². The first kappa shape index (κ1) is 34.4. The van der Waals surface area contributed by atoms with Gasteiger partial charge in [-0.25, -0.2) is 9.59 Å². The average molecular weight is 586 g/mol. The summed E-state index contributed by atoms with van der Waals surface area (Å²) in [5.74, 6) is -0.0607. The number of thioether (sulfide) groups is 1. The molecule has 10 nitrogen and oxygen atoms in total. The van der Waals surface area contributed by atoms with Crippen LogP contribution in [0.2, 0.25) is 0 Å². The Hall–Kier alpha value is -1.82. The molecule has 11 heteroatoms. The molecule has 40 heavy (non-hydrogen) atoms. The maximum absolute atomic E-state index is 12.6. The summed E-state index contributed by atoms with van der Waals surface area (Å²) in [6.07, 6.45) is 7.43. The molecule has 0 aromatic rings. The molecule has 2 rings (SSSR count). The van der Waals surface area contributed by atoms with Crippen LogP contribution in [0.25, 0.3) is 0 Å². The van der Waals surface area contributed by atoms with E-state index < -0.39 is 24.1 Å². The number of epoxide rings is 1. The number of ether oxygens (including phenoxy) is 4. The number of amides is 2. The van der Waals surface area contributed by atoms with Gasteiger partial charge in [-0.15, -0.1) is 0 Å². The molecule has 4 N–H and O–H groups in total. The third-order valence-corrected chi connectivity index (χ3v) is 8.50. The molecule has 1 aliphatic carbocycles. The van der Waals surface area contributed by atoms with E-state index in [1.54, 1.807) is 25.8 Å². The van der Waals surface area contributed by atoms with Crippen LogP contribution >= 0.6 is 11.8 Å². The van der Waals surface area contributed by atoms with Gasteiger partial charge in [0.2, 0.25) is 5.91 Å². The Bertz CT molecular complexity index is 874. The molecule has 2 amide bonds. The Morgan fingerprint density at radius 2 is 1.98 bits per heavy atom. The van der Waals surface area contributed by atoms with Crippen molar-refractivity contribution in [2.45, 2.75) is 103 Å². The van der Waals surface area contributed by atoms with Crippen molar-refractivity contribution in [3.8, 4) is 0 Å². The van der Waals surface area contributed by atoms with Crippen LogP contribution in [0.3, 0.4) is 0 Å². The summed E-state index contributed by atoms with van der Waals surface area (Å²) in [6.45, 7) is 11.4. The first-order valence-electron chi connectivity index (χ1n) is 14.3. The van der Waals surface area contributed by atoms with Gasteiger partial charge in [0.05, 0.1) is 24.9 Å². The highest BCUT2D eigenvalue weighted by atomic mass is 32.2. The molecule has 2 fully saturated rings. The second-order valence-corrected chi connectivity index (χ2v) is 12.9. The number of nitrogens with one attached hydrogen (secondary N) is 2. The van der Waals surface area contributed by atoms with Crippen molar-refractivity contribution >= 4 is 29.7 Å². The molecule has 0 radical (unpaired) electrons. The monoisotopic (exact) mass is 585 g/mol. The quantitative estimate of drug-likeness (QED) is 0.107. The topological polar surface area (TPSA) is 142 Å². The molecule has 1 aliphatic heterocycles. The van der Waals surface area contributed by atoms with Crippen molar-refractivity contribution in [3.63, 3.8) is 0 Å². The number of hydrogen-bond donors (Lipinski definition) is 3. The molecule has 2 aliphatic rings. The van der Waals surface area contributed by atoms with E-state index in [2.05, 4.69) is 44.4 Å². The fourth-order valence-corrected chi connectivity index (χ4v) is 6.08. The van der Waals surface area contributed by atoms with E-state index in [0.29, 0.717) is 25.9 Å². The van der Waals surface area contributed by atoms with Crippen molar-refractivity contribution in [2.24, 2.45) is 17.1 Å². The van der Waals surface area contributed by atoms with Gasteiger partial charge in [0.1, 0.15) is 18.2 Å². The standard InChI is InChI=1S/C29H51N3O7S/c1-19(2)10-8-13-28(4,5)24-23(36-6)22(11-14-29(24)18-38-29)39-27(35)31-15-9-16-37-26(34)20(3)32-25(33)21(30)12-17-40-7/h10,20-24H,8-9,11-18,30H2,1-7H3,(H,31,35)(H,32,33)/t20-,21-,22+,23+,24+,29-/m0/s1. The fraction of sp³-hybridized carbons (Fsp3) is 0.828. The number of nitrogens with two attached hydrogens (primary N) is 1. The summed E-state index contributed by atoms with van der Waals surface area (Å²) >= 11 is 1.60. The minimum Gasteiger partial charge on any atom is -0.464 e. The number of carbonyl (C=O) groups is 3. The van der Waals surface area contributed by atoms with Crippen LogP contribution in [0, 0.1) is 11.3 Å². The molecule has 0 bridgehead atoms. The highest BCUT2D eigenvalue weighted by molar-refractivity contribution is 7.98. The SMILES string of the molecule is CO[C@H]1[C@H](C(C)(C)CCC=C(C)C)[C@]2(CC[C@H]1OC(=O)NCCCOC(=O)[C@H](C)NC(=O)[C@@H](N)CCSC)CO2. The van der Waals surface area contributed by atoms with E-state index in [-0.39, 0.29) is 48.2 Å². The zero-order valence-electron chi connectivity index (χ0n) is 25.4. The summed E-state index contributed by atoms with van der Waals surface area (Å²) < 4.78 is 23.0. The van der Waals surface area contributed by atoms with Crippen LogP contribution in [-0.2, 0) is 28.5 Å². The molecule has 1 saturated carbocycles. The third kappa shape index (κ3) is 10.2. The number of esters is 1. The van der Waals surface area contributed by atoms with Gasteiger partial charge in [-0.1, -0.05) is 25.5 Å². The lowest BCUT2D eigenvalue weighted by Gasteiger charge is -2.48. The molecule has 1 saturated heterocycles. The number of hydrogen-bond acceptors (Lipinski definition) is 9. The number of alkyl carbamates (subject to hydrolysis) is 1. The van der Waals surface area contributed by atoms with E-state index in [0.717, 1.165) is 25.0 Å². The molecule has 1 spiro atoms. The second-order valence-electron chi connectivity index (χ2n) is 11.9. The first-order chi connectivity index (χ1) is 18.9. The van der Waals surface area contributed by atoms with Crippen LogP contribution < -0.4 is 16.4 Å². The van der Waals surface area contributed by atoms with E-state index in [4.69, 9.17) is 24.7 Å². The van der Waals surface area contributed by atoms with Crippen molar-refractivity contribution in [1.29, 1.82) is 0 Å². The van der Waals surface area contributed by atoms with Gasteiger partial charge in [0, 0.05) is 19.6 Å². The number of carbonyl (C=O) groups excluding carboxylic acids is 3. The Labute approximate surface area is 244 Å². The number of methoxy groups -OCH3 is 1. The van der Waals surface area contributed by atoms with Crippen LogP contribution in [0.4, 0.5) is 4.79 Å². The molecule has 0 unspecified atom stereocenters. The molecule has 230 valence electrons. The molecular weight excluding hydrogens is 534 g/mol. The highest BCUT2D eigenvalue weighted by Gasteiger charge is 2.63. The smallest absolute Gasteiger partial charge is 0.407 e. The van der Waals surface area contributed by atoms with Crippen LogP contribution in [-0.4, -0.2) is 86.7 Å². The van der Waals surface area contributed by atoms with Gasteiger partial charge in [0.25, 0.3) is 0 Å². The van der Waals surface area contributed by atoms with Crippen molar-refractivity contribution < 1.29 is 33.3 Å². The minimum absolute atomic E-state index is 0.0677. The summed E-state index contributed by atoms with van der Waals surface area (Å²) in [5, 5.41) is 5.33. The summed E-state index contributed by atoms with van der Waals surface area (Å²) in [4.78, 5) is 36.9. The van der Waals surface area contributed by atoms with Crippen LogP contribution in [0.5, 0.6) is 0 Å². The predicted octanol–water partition coefficient (Wildman–Crippen LogP) is 3.57. The lowest BCUT2D eigenvalue weighted by molar-refractivity contribution is -0.147. The van der Waals surface area contributed by atoms with E-state index in [9.17, 15) is 14.4 Å². The van der Waals surface area contributed by atoms with Gasteiger partial charge >= 0.3 is 12.1 Å². The van der Waals surface area contributed by atoms with Crippen molar-refractivity contribution in [1.82, 2.24) is 10.6 Å². The van der Waals surface area contributed by atoms with Crippen molar-refractivity contribution in [2.75, 3.05) is 38.9 Å². The lowest BCUT2D eigenvalue weighted by atomic mass is 9.61. The minimum atomic E-state index is -0.805. The van der Waals surface area contributed by atoms with Crippen LogP contribution in [0.15, 0.2) is 11.6 Å². The van der Waals surface area contributed by atoms with Crippen LogP contribution in [0.1, 0.15) is 73.1 Å². The van der Waals surface area contributed by atoms with Gasteiger partial charge < -0.3 is 35.3 Å². The van der Waals surface area contributed by atoms with Gasteiger partial charge in [0.15, 0.2) is 0 Å². The Morgan fingerprint density at radius 3 is 2.58 bits per heavy atom. The highest BCUT2D eigenvalue weighted by Crippen LogP contribution is 2.55. The lowest BCUT2D eigenvalue weighted by Crippen LogP contribution is -2.55. The van der Waals surface area contributed by atoms with E-state index in [1.807, 2.05) is 6.26 Å². The predicted molar refractivity (Wildman–Crippen MR) is 157 cm³/mol. The summed E-state index contributed by atoms with van der Waals surface area (Å²) in [5.41, 5.74) is 6.86. The first-order valence-corrected chi connectivity index (χ1v) is 15.7. The van der Waals surface area contributed by atoms with Gasteiger partial charge in [-0.3, -0.25) is 4.79 Å². The summed E-state index contributed by atoms with van der Waals surface area (Å²) in [6, 6.07) is -1.47. The molecular formula is C29H51N3O7S. The zero-order valence-corrected chi connectivity index (χ0v) is 26.2. The Morgan fingerprint density at radius 1 is 1.27 bits per heavy atom. The van der Waals surface area contributed by atoms with Gasteiger partial charge in [-0.2, -0.15) is 11.8 Å². The van der Waals surface area contributed by atoms with E-state index >= 15 is 0 Å². The van der Waals surface area contributed by atoms with Crippen molar-refractivity contribution in [3.05, 3.63) is 11.6 Å². The third-order valence-electron chi connectivity index (χ3n) is 7.86.